The predicted octanol–water partition coefficient (Wildman–Crippen LogP) is 3.07. The molecule has 132 valence electrons. The van der Waals surface area contributed by atoms with E-state index in [-0.39, 0.29) is 5.91 Å². The summed E-state index contributed by atoms with van der Waals surface area (Å²) in [7, 11) is 0. The van der Waals surface area contributed by atoms with Gasteiger partial charge in [-0.15, -0.1) is 0 Å². The van der Waals surface area contributed by atoms with Gasteiger partial charge in [0, 0.05) is 31.7 Å². The van der Waals surface area contributed by atoms with E-state index in [4.69, 9.17) is 4.74 Å². The molecule has 2 aromatic carbocycles. The molecule has 0 atom stereocenters. The van der Waals surface area contributed by atoms with Crippen LogP contribution in [0.2, 0.25) is 0 Å². The van der Waals surface area contributed by atoms with Crippen molar-refractivity contribution in [3.05, 3.63) is 70.3 Å². The number of carbonyl (C=O) groups excluding carboxylic acids is 1. The molecule has 3 rings (SSSR count). The lowest BCUT2D eigenvalue weighted by Crippen LogP contribution is -2.35. The molecule has 1 aliphatic heterocycles. The lowest BCUT2D eigenvalue weighted by Gasteiger charge is -2.26. The van der Waals surface area contributed by atoms with Crippen molar-refractivity contribution in [1.29, 1.82) is 0 Å². The second kappa shape index (κ2) is 8.28. The Bertz CT molecular complexity index is 719. The fraction of sp³-hybridized carbons (Fsp3) is 0.381. The van der Waals surface area contributed by atoms with Crippen LogP contribution in [-0.2, 0) is 17.8 Å². The molecule has 1 saturated heterocycles. The van der Waals surface area contributed by atoms with Gasteiger partial charge in [-0.25, -0.2) is 0 Å². The molecule has 0 bridgehead atoms. The third kappa shape index (κ3) is 4.91. The number of carbonyl (C=O) groups is 1. The van der Waals surface area contributed by atoms with Gasteiger partial charge in [0.25, 0.3) is 5.91 Å². The fourth-order valence-corrected chi connectivity index (χ4v) is 3.13. The molecule has 0 radical (unpaired) electrons. The molecule has 1 N–H and O–H groups in total. The van der Waals surface area contributed by atoms with Crippen LogP contribution in [0.25, 0.3) is 0 Å². The highest BCUT2D eigenvalue weighted by Crippen LogP contribution is 2.12. The smallest absolute Gasteiger partial charge is 0.251 e. The van der Waals surface area contributed by atoms with Crippen molar-refractivity contribution < 1.29 is 9.53 Å². The first-order valence-corrected chi connectivity index (χ1v) is 8.85. The molecule has 1 aliphatic rings. The zero-order chi connectivity index (χ0) is 17.6. The number of hydrogen-bond donors (Lipinski definition) is 1. The maximum absolute atomic E-state index is 12.4. The minimum Gasteiger partial charge on any atom is -0.379 e. The van der Waals surface area contributed by atoms with E-state index in [9.17, 15) is 4.79 Å². The van der Waals surface area contributed by atoms with Gasteiger partial charge in [0.05, 0.1) is 13.2 Å². The maximum Gasteiger partial charge on any atom is 0.251 e. The Morgan fingerprint density at radius 2 is 1.72 bits per heavy atom. The monoisotopic (exact) mass is 338 g/mol. The molecule has 1 amide bonds. The number of morpholine rings is 1. The summed E-state index contributed by atoms with van der Waals surface area (Å²) in [5, 5.41) is 3.01. The molecule has 1 heterocycles. The summed E-state index contributed by atoms with van der Waals surface area (Å²) in [5.74, 6) is -0.0186. The Hall–Kier alpha value is -2.17. The van der Waals surface area contributed by atoms with Gasteiger partial charge in [0.15, 0.2) is 0 Å². The lowest BCUT2D eigenvalue weighted by molar-refractivity contribution is 0.0342. The van der Waals surface area contributed by atoms with E-state index in [0.717, 1.165) is 49.5 Å². The molecule has 0 aliphatic carbocycles. The second-order valence-electron chi connectivity index (χ2n) is 6.71. The van der Waals surface area contributed by atoms with E-state index in [1.807, 2.05) is 32.0 Å². The molecule has 25 heavy (non-hydrogen) atoms. The summed E-state index contributed by atoms with van der Waals surface area (Å²) in [5.41, 5.74) is 5.34. The summed E-state index contributed by atoms with van der Waals surface area (Å²) >= 11 is 0. The van der Waals surface area contributed by atoms with Crippen LogP contribution >= 0.6 is 0 Å². The molecular formula is C21H26N2O2. The average molecular weight is 338 g/mol. The molecule has 0 spiro atoms. The van der Waals surface area contributed by atoms with Crippen molar-refractivity contribution >= 4 is 5.91 Å². The number of aryl methyl sites for hydroxylation is 2. The Morgan fingerprint density at radius 3 is 2.40 bits per heavy atom. The van der Waals surface area contributed by atoms with Crippen molar-refractivity contribution in [2.75, 3.05) is 26.3 Å². The van der Waals surface area contributed by atoms with Crippen LogP contribution in [0.3, 0.4) is 0 Å². The SMILES string of the molecule is Cc1ccc(C(=O)NCc2ccc(CN3CCOCC3)cc2)c(C)c1. The number of nitrogens with one attached hydrogen (secondary N) is 1. The normalized spacial score (nSPS) is 15.1. The van der Waals surface area contributed by atoms with Crippen LogP contribution in [0.4, 0.5) is 0 Å². The highest BCUT2D eigenvalue weighted by molar-refractivity contribution is 5.95. The fourth-order valence-electron chi connectivity index (χ4n) is 3.13. The Labute approximate surface area is 149 Å². The number of rotatable bonds is 5. The second-order valence-corrected chi connectivity index (χ2v) is 6.71. The van der Waals surface area contributed by atoms with E-state index in [0.29, 0.717) is 6.54 Å². The molecule has 4 nitrogen and oxygen atoms in total. The van der Waals surface area contributed by atoms with Gasteiger partial charge in [-0.2, -0.15) is 0 Å². The first kappa shape index (κ1) is 17.6. The van der Waals surface area contributed by atoms with Crippen LogP contribution in [0.5, 0.6) is 0 Å². The highest BCUT2D eigenvalue weighted by Gasteiger charge is 2.11. The molecule has 4 heteroatoms. The molecule has 2 aromatic rings. The largest absolute Gasteiger partial charge is 0.379 e. The maximum atomic E-state index is 12.4. The van der Waals surface area contributed by atoms with E-state index < -0.39 is 0 Å². The highest BCUT2D eigenvalue weighted by atomic mass is 16.5. The topological polar surface area (TPSA) is 41.6 Å². The Balaban J connectivity index is 1.53. The predicted molar refractivity (Wildman–Crippen MR) is 99.6 cm³/mol. The summed E-state index contributed by atoms with van der Waals surface area (Å²) in [6.07, 6.45) is 0. The van der Waals surface area contributed by atoms with E-state index in [1.54, 1.807) is 0 Å². The molecule has 0 saturated carbocycles. The third-order valence-electron chi connectivity index (χ3n) is 4.61. The van der Waals surface area contributed by atoms with Gasteiger partial charge in [0.1, 0.15) is 0 Å². The first-order valence-electron chi connectivity index (χ1n) is 8.85. The number of ether oxygens (including phenoxy) is 1. The minimum atomic E-state index is -0.0186. The van der Waals surface area contributed by atoms with E-state index in [2.05, 4.69) is 34.5 Å². The summed E-state index contributed by atoms with van der Waals surface area (Å²) < 4.78 is 5.38. The van der Waals surface area contributed by atoms with Gasteiger partial charge in [0.2, 0.25) is 0 Å². The standard InChI is InChI=1S/C21H26N2O2/c1-16-3-8-20(17(2)13-16)21(24)22-14-18-4-6-19(7-5-18)15-23-9-11-25-12-10-23/h3-8,13H,9-12,14-15H2,1-2H3,(H,22,24). The van der Waals surface area contributed by atoms with Crippen molar-refractivity contribution in [2.24, 2.45) is 0 Å². The number of hydrogen-bond acceptors (Lipinski definition) is 3. The average Bonchev–Trinajstić information content (AvgIpc) is 2.62. The molecule has 1 fully saturated rings. The summed E-state index contributed by atoms with van der Waals surface area (Å²) in [6, 6.07) is 14.4. The summed E-state index contributed by atoms with van der Waals surface area (Å²) in [4.78, 5) is 14.8. The zero-order valence-electron chi connectivity index (χ0n) is 15.0. The van der Waals surface area contributed by atoms with Crippen molar-refractivity contribution in [1.82, 2.24) is 10.2 Å². The Kier molecular flexibility index (Phi) is 5.84. The van der Waals surface area contributed by atoms with Gasteiger partial charge in [-0.3, -0.25) is 9.69 Å². The van der Waals surface area contributed by atoms with Crippen LogP contribution in [0.1, 0.15) is 32.6 Å². The van der Waals surface area contributed by atoms with Crippen LogP contribution in [-0.4, -0.2) is 37.1 Å². The van der Waals surface area contributed by atoms with Crippen LogP contribution in [0, 0.1) is 13.8 Å². The molecule has 0 aromatic heterocycles. The van der Waals surface area contributed by atoms with Gasteiger partial charge in [-0.05, 0) is 36.6 Å². The molecular weight excluding hydrogens is 312 g/mol. The lowest BCUT2D eigenvalue weighted by atomic mass is 10.0. The Morgan fingerprint density at radius 1 is 1.04 bits per heavy atom. The van der Waals surface area contributed by atoms with Gasteiger partial charge in [-0.1, -0.05) is 42.0 Å². The summed E-state index contributed by atoms with van der Waals surface area (Å²) in [6.45, 7) is 9.14. The van der Waals surface area contributed by atoms with E-state index in [1.165, 1.54) is 11.1 Å². The zero-order valence-corrected chi connectivity index (χ0v) is 15.0. The number of amides is 1. The number of benzene rings is 2. The van der Waals surface area contributed by atoms with Gasteiger partial charge < -0.3 is 10.1 Å². The first-order chi connectivity index (χ1) is 12.1. The minimum absolute atomic E-state index is 0.0186. The number of nitrogens with zero attached hydrogens (tertiary/aromatic N) is 1. The van der Waals surface area contributed by atoms with Crippen LogP contribution in [0.15, 0.2) is 42.5 Å². The van der Waals surface area contributed by atoms with Crippen molar-refractivity contribution in [3.8, 4) is 0 Å². The van der Waals surface area contributed by atoms with E-state index >= 15 is 0 Å². The third-order valence-corrected chi connectivity index (χ3v) is 4.61. The quantitative estimate of drug-likeness (QED) is 0.911. The van der Waals surface area contributed by atoms with Crippen molar-refractivity contribution in [2.45, 2.75) is 26.9 Å². The van der Waals surface area contributed by atoms with Crippen molar-refractivity contribution in [3.63, 3.8) is 0 Å². The van der Waals surface area contributed by atoms with Crippen LogP contribution < -0.4 is 5.32 Å². The molecule has 0 unspecified atom stereocenters. The van der Waals surface area contributed by atoms with Gasteiger partial charge >= 0.3 is 0 Å².